The molecular formula is C10H20N6O2S. The molecule has 0 aliphatic carbocycles. The third kappa shape index (κ3) is 5.79. The lowest BCUT2D eigenvalue weighted by Gasteiger charge is -2.08. The second kappa shape index (κ2) is 8.59. The fourth-order valence-corrected chi connectivity index (χ4v) is 1.80. The second-order valence-electron chi connectivity index (χ2n) is 3.62. The number of nitrogen functional groups attached to an aromatic ring is 1. The van der Waals surface area contributed by atoms with E-state index < -0.39 is 10.8 Å². The Kier molecular flexibility index (Phi) is 7.04. The third-order valence-electron chi connectivity index (χ3n) is 2.11. The van der Waals surface area contributed by atoms with E-state index in [-0.39, 0.29) is 12.0 Å². The molecule has 0 saturated heterocycles. The van der Waals surface area contributed by atoms with Gasteiger partial charge in [-0.05, 0) is 6.42 Å². The number of hydrogen-bond donors (Lipinski definition) is 3. The second-order valence-corrected chi connectivity index (χ2v) is 5.48. The highest BCUT2D eigenvalue weighted by Crippen LogP contribution is 2.10. The van der Waals surface area contributed by atoms with Crippen molar-refractivity contribution in [3.63, 3.8) is 0 Å². The van der Waals surface area contributed by atoms with E-state index in [1.807, 2.05) is 13.8 Å². The smallest absolute Gasteiger partial charge is 0.323 e. The minimum Gasteiger partial charge on any atom is -0.463 e. The SMILES string of the molecule is CCCOc1nc(NN)nc(NCCS(=O)CC)n1. The van der Waals surface area contributed by atoms with Gasteiger partial charge in [-0.1, -0.05) is 13.8 Å². The molecule has 0 amide bonds. The molecule has 0 aromatic carbocycles. The summed E-state index contributed by atoms with van der Waals surface area (Å²) < 4.78 is 16.6. The highest BCUT2D eigenvalue weighted by Gasteiger charge is 2.06. The summed E-state index contributed by atoms with van der Waals surface area (Å²) in [7, 11) is -0.823. The standard InChI is InChI=1S/C10H20N6O2S/c1-3-6-18-10-14-8(13-9(15-10)16-11)12-5-7-19(17)4-2/h3-7,11H2,1-2H3,(H2,12,13,14,15,16). The molecule has 0 fully saturated rings. The Hall–Kier alpha value is -1.48. The lowest BCUT2D eigenvalue weighted by Crippen LogP contribution is -2.17. The summed E-state index contributed by atoms with van der Waals surface area (Å²) in [6.45, 7) is 4.91. The van der Waals surface area contributed by atoms with Crippen molar-refractivity contribution in [2.24, 2.45) is 5.84 Å². The number of rotatable bonds is 9. The van der Waals surface area contributed by atoms with Gasteiger partial charge in [-0.3, -0.25) is 9.63 Å². The number of ether oxygens (including phenoxy) is 1. The van der Waals surface area contributed by atoms with Crippen LogP contribution in [0.1, 0.15) is 20.3 Å². The lowest BCUT2D eigenvalue weighted by atomic mass is 10.5. The monoisotopic (exact) mass is 288 g/mol. The van der Waals surface area contributed by atoms with Gasteiger partial charge in [0.05, 0.1) is 6.61 Å². The van der Waals surface area contributed by atoms with Crippen LogP contribution < -0.4 is 21.3 Å². The Labute approximate surface area is 115 Å². The van der Waals surface area contributed by atoms with Crippen LogP contribution in [0, 0.1) is 0 Å². The van der Waals surface area contributed by atoms with Crippen LogP contribution in [-0.2, 0) is 10.8 Å². The van der Waals surface area contributed by atoms with Crippen LogP contribution in [0.5, 0.6) is 6.01 Å². The molecule has 1 aromatic rings. The van der Waals surface area contributed by atoms with E-state index in [1.165, 1.54) is 0 Å². The van der Waals surface area contributed by atoms with Crippen molar-refractivity contribution in [3.05, 3.63) is 0 Å². The van der Waals surface area contributed by atoms with Crippen molar-refractivity contribution >= 4 is 22.7 Å². The maximum Gasteiger partial charge on any atom is 0.323 e. The Morgan fingerprint density at radius 2 is 2.00 bits per heavy atom. The van der Waals surface area contributed by atoms with E-state index in [4.69, 9.17) is 10.6 Å². The van der Waals surface area contributed by atoms with Crippen molar-refractivity contribution in [2.75, 3.05) is 35.4 Å². The van der Waals surface area contributed by atoms with Crippen molar-refractivity contribution < 1.29 is 8.95 Å². The first-order valence-electron chi connectivity index (χ1n) is 6.13. The van der Waals surface area contributed by atoms with Gasteiger partial charge >= 0.3 is 6.01 Å². The highest BCUT2D eigenvalue weighted by molar-refractivity contribution is 7.84. The van der Waals surface area contributed by atoms with Crippen molar-refractivity contribution in [3.8, 4) is 6.01 Å². The van der Waals surface area contributed by atoms with Crippen LogP contribution >= 0.6 is 0 Å². The number of anilines is 2. The minimum atomic E-state index is -0.823. The first kappa shape index (κ1) is 15.6. The molecule has 1 atom stereocenters. The first-order chi connectivity index (χ1) is 9.19. The molecule has 0 aliphatic heterocycles. The van der Waals surface area contributed by atoms with Gasteiger partial charge in [0.25, 0.3) is 0 Å². The molecule has 1 aromatic heterocycles. The van der Waals surface area contributed by atoms with E-state index in [0.29, 0.717) is 30.6 Å². The van der Waals surface area contributed by atoms with E-state index >= 15 is 0 Å². The predicted octanol–water partition coefficient (Wildman–Crippen LogP) is 0.127. The summed E-state index contributed by atoms with van der Waals surface area (Å²) in [5, 5.41) is 2.97. The average Bonchev–Trinajstić information content (AvgIpc) is 2.44. The zero-order valence-electron chi connectivity index (χ0n) is 11.2. The number of hydrogen-bond acceptors (Lipinski definition) is 8. The molecule has 1 unspecified atom stereocenters. The summed E-state index contributed by atoms with van der Waals surface area (Å²) in [6, 6.07) is 0.212. The van der Waals surface area contributed by atoms with Crippen molar-refractivity contribution in [1.29, 1.82) is 0 Å². The van der Waals surface area contributed by atoms with E-state index in [9.17, 15) is 4.21 Å². The fourth-order valence-electron chi connectivity index (χ4n) is 1.18. The lowest BCUT2D eigenvalue weighted by molar-refractivity contribution is 0.292. The van der Waals surface area contributed by atoms with Gasteiger partial charge in [-0.25, -0.2) is 5.84 Å². The van der Waals surface area contributed by atoms with E-state index in [0.717, 1.165) is 6.42 Å². The van der Waals surface area contributed by atoms with Crippen LogP contribution in [-0.4, -0.2) is 43.8 Å². The topological polar surface area (TPSA) is 115 Å². The number of nitrogens with two attached hydrogens (primary N) is 1. The molecule has 0 bridgehead atoms. The predicted molar refractivity (Wildman–Crippen MR) is 75.5 cm³/mol. The molecule has 9 heteroatoms. The molecule has 0 saturated carbocycles. The first-order valence-corrected chi connectivity index (χ1v) is 7.62. The van der Waals surface area contributed by atoms with Gasteiger partial charge in [0, 0.05) is 28.9 Å². The molecule has 1 rings (SSSR count). The number of nitrogens with zero attached hydrogens (tertiary/aromatic N) is 3. The molecule has 8 nitrogen and oxygen atoms in total. The van der Waals surface area contributed by atoms with Crippen LogP contribution in [0.4, 0.5) is 11.9 Å². The van der Waals surface area contributed by atoms with E-state index in [1.54, 1.807) is 0 Å². The summed E-state index contributed by atoms with van der Waals surface area (Å²) in [4.78, 5) is 12.1. The fraction of sp³-hybridized carbons (Fsp3) is 0.700. The third-order valence-corrected chi connectivity index (χ3v) is 3.42. The summed E-state index contributed by atoms with van der Waals surface area (Å²) in [5.41, 5.74) is 2.35. The highest BCUT2D eigenvalue weighted by atomic mass is 32.2. The van der Waals surface area contributed by atoms with Crippen LogP contribution in [0.3, 0.4) is 0 Å². The zero-order chi connectivity index (χ0) is 14.1. The van der Waals surface area contributed by atoms with Crippen LogP contribution in [0.2, 0.25) is 0 Å². The van der Waals surface area contributed by atoms with Crippen molar-refractivity contribution in [2.45, 2.75) is 20.3 Å². The van der Waals surface area contributed by atoms with Gasteiger partial charge in [-0.15, -0.1) is 0 Å². The van der Waals surface area contributed by atoms with Crippen molar-refractivity contribution in [1.82, 2.24) is 15.0 Å². The normalized spacial score (nSPS) is 11.9. The number of nitrogens with one attached hydrogen (secondary N) is 2. The zero-order valence-corrected chi connectivity index (χ0v) is 12.0. The average molecular weight is 288 g/mol. The van der Waals surface area contributed by atoms with Gasteiger partial charge in [0.15, 0.2) is 0 Å². The summed E-state index contributed by atoms with van der Waals surface area (Å²) >= 11 is 0. The van der Waals surface area contributed by atoms with E-state index in [2.05, 4.69) is 25.7 Å². The maximum atomic E-state index is 11.3. The van der Waals surface area contributed by atoms with Crippen LogP contribution in [0.25, 0.3) is 0 Å². The van der Waals surface area contributed by atoms with Crippen LogP contribution in [0.15, 0.2) is 0 Å². The Morgan fingerprint density at radius 1 is 1.26 bits per heavy atom. The Bertz CT molecular complexity index is 417. The largest absolute Gasteiger partial charge is 0.463 e. The maximum absolute atomic E-state index is 11.3. The Balaban J connectivity index is 2.62. The number of hydrazine groups is 1. The quantitative estimate of drug-likeness (QED) is 0.434. The molecule has 19 heavy (non-hydrogen) atoms. The molecule has 0 aliphatic rings. The minimum absolute atomic E-state index is 0.212. The van der Waals surface area contributed by atoms with Gasteiger partial charge in [-0.2, -0.15) is 15.0 Å². The molecule has 4 N–H and O–H groups in total. The molecule has 1 heterocycles. The van der Waals surface area contributed by atoms with Gasteiger partial charge in [0.1, 0.15) is 0 Å². The van der Waals surface area contributed by atoms with Gasteiger partial charge < -0.3 is 10.1 Å². The van der Waals surface area contributed by atoms with Gasteiger partial charge in [0.2, 0.25) is 11.9 Å². The number of aromatic nitrogens is 3. The summed E-state index contributed by atoms with van der Waals surface area (Å²) in [6.07, 6.45) is 0.856. The molecular weight excluding hydrogens is 268 g/mol. The molecule has 0 radical (unpaired) electrons. The molecule has 108 valence electrons. The summed E-state index contributed by atoms with van der Waals surface area (Å²) in [5.74, 6) is 7.03. The Morgan fingerprint density at radius 3 is 2.63 bits per heavy atom. The molecule has 0 spiro atoms.